The maximum atomic E-state index is 5.71. The summed E-state index contributed by atoms with van der Waals surface area (Å²) in [7, 11) is 0. The van der Waals surface area contributed by atoms with E-state index < -0.39 is 0 Å². The average molecular weight is 147 g/mol. The molecular formula is C9H9NO. The van der Waals surface area contributed by atoms with Crippen LogP contribution in [0.3, 0.4) is 0 Å². The largest absolute Gasteiger partial charge is 0.489 e. The van der Waals surface area contributed by atoms with Gasteiger partial charge in [-0.15, -0.1) is 0 Å². The quantitative estimate of drug-likeness (QED) is 0.566. The molecule has 0 unspecified atom stereocenters. The van der Waals surface area contributed by atoms with E-state index in [1.54, 1.807) is 0 Å². The Hall–Kier alpha value is -1.44. The van der Waals surface area contributed by atoms with Gasteiger partial charge in [-0.05, 0) is 24.3 Å². The van der Waals surface area contributed by atoms with Crippen molar-refractivity contribution >= 4 is 11.8 Å². The van der Waals surface area contributed by atoms with E-state index in [-0.39, 0.29) is 0 Å². The Morgan fingerprint density at radius 1 is 1.36 bits per heavy atom. The molecule has 0 saturated carbocycles. The highest BCUT2D eigenvalue weighted by Gasteiger charge is 2.06. The minimum atomic E-state index is 0.649. The maximum Gasteiger partial charge on any atom is 0.129 e. The Kier molecular flexibility index (Phi) is 1.32. The molecule has 0 saturated heterocycles. The molecule has 0 aromatic heterocycles. The van der Waals surface area contributed by atoms with Gasteiger partial charge in [0, 0.05) is 11.3 Å². The third-order valence-electron chi connectivity index (χ3n) is 1.72. The normalized spacial score (nSPS) is 13.8. The molecule has 1 heterocycles. The van der Waals surface area contributed by atoms with Crippen molar-refractivity contribution in [2.24, 2.45) is 0 Å². The highest BCUT2D eigenvalue weighted by Crippen LogP contribution is 2.27. The van der Waals surface area contributed by atoms with E-state index in [4.69, 9.17) is 10.5 Å². The van der Waals surface area contributed by atoms with Gasteiger partial charge in [0.1, 0.15) is 12.4 Å². The zero-order chi connectivity index (χ0) is 7.68. The van der Waals surface area contributed by atoms with Crippen LogP contribution < -0.4 is 10.5 Å². The molecule has 2 N–H and O–H groups in total. The number of rotatable bonds is 0. The topological polar surface area (TPSA) is 35.2 Å². The first-order chi connectivity index (χ1) is 5.38. The van der Waals surface area contributed by atoms with Crippen LogP contribution >= 0.6 is 0 Å². The summed E-state index contributed by atoms with van der Waals surface area (Å²) in [5.74, 6) is 0.882. The Labute approximate surface area is 65.3 Å². The Morgan fingerprint density at radius 2 is 2.27 bits per heavy atom. The van der Waals surface area contributed by atoms with Crippen molar-refractivity contribution in [2.45, 2.75) is 0 Å². The summed E-state index contributed by atoms with van der Waals surface area (Å²) in [6, 6.07) is 5.69. The van der Waals surface area contributed by atoms with Gasteiger partial charge in [-0.1, -0.05) is 6.07 Å². The van der Waals surface area contributed by atoms with Crippen molar-refractivity contribution in [3.63, 3.8) is 0 Å². The predicted molar refractivity (Wildman–Crippen MR) is 45.4 cm³/mol. The molecule has 56 valence electrons. The Bertz CT molecular complexity index is 304. The molecule has 1 aromatic rings. The molecule has 0 bridgehead atoms. The van der Waals surface area contributed by atoms with E-state index in [0.717, 1.165) is 17.0 Å². The fourth-order valence-corrected chi connectivity index (χ4v) is 1.17. The van der Waals surface area contributed by atoms with Gasteiger partial charge in [-0.25, -0.2) is 0 Å². The highest BCUT2D eigenvalue weighted by atomic mass is 16.5. The number of nitrogens with two attached hydrogens (primary N) is 1. The van der Waals surface area contributed by atoms with Gasteiger partial charge in [0.2, 0.25) is 0 Å². The van der Waals surface area contributed by atoms with E-state index >= 15 is 0 Å². The molecule has 1 aromatic carbocycles. The molecule has 2 heteroatoms. The van der Waals surface area contributed by atoms with E-state index in [2.05, 4.69) is 0 Å². The molecule has 2 nitrogen and oxygen atoms in total. The second kappa shape index (κ2) is 2.31. The van der Waals surface area contributed by atoms with Crippen LogP contribution in [-0.2, 0) is 0 Å². The monoisotopic (exact) mass is 147 g/mol. The number of anilines is 1. The molecule has 0 atom stereocenters. The van der Waals surface area contributed by atoms with Gasteiger partial charge in [-0.2, -0.15) is 0 Å². The van der Waals surface area contributed by atoms with Gasteiger partial charge in [0.05, 0.1) is 0 Å². The molecule has 0 amide bonds. The number of benzene rings is 1. The maximum absolute atomic E-state index is 5.71. The van der Waals surface area contributed by atoms with Crippen LogP contribution in [0.15, 0.2) is 24.3 Å². The summed E-state index contributed by atoms with van der Waals surface area (Å²) in [5, 5.41) is 0. The lowest BCUT2D eigenvalue weighted by atomic mass is 10.1. The number of fused-ring (bicyclic) bond motifs is 1. The first kappa shape index (κ1) is 6.28. The average Bonchev–Trinajstić information content (AvgIpc) is 2.06. The van der Waals surface area contributed by atoms with Crippen molar-refractivity contribution in [3.8, 4) is 5.75 Å². The van der Waals surface area contributed by atoms with Gasteiger partial charge >= 0.3 is 0 Å². The fraction of sp³-hybridized carbons (Fsp3) is 0.111. The van der Waals surface area contributed by atoms with Crippen LogP contribution in [0.4, 0.5) is 5.69 Å². The number of hydrogen-bond acceptors (Lipinski definition) is 2. The number of ether oxygens (including phenoxy) is 1. The fourth-order valence-electron chi connectivity index (χ4n) is 1.17. The zero-order valence-electron chi connectivity index (χ0n) is 6.08. The first-order valence-electron chi connectivity index (χ1n) is 3.56. The summed E-state index contributed by atoms with van der Waals surface area (Å²) in [6.07, 6.45) is 3.95. The minimum Gasteiger partial charge on any atom is -0.489 e. The second-order valence-electron chi connectivity index (χ2n) is 2.47. The van der Waals surface area contributed by atoms with Crippen molar-refractivity contribution < 1.29 is 4.74 Å². The molecule has 1 aliphatic rings. The molecule has 0 spiro atoms. The van der Waals surface area contributed by atoms with Crippen LogP contribution in [0, 0.1) is 0 Å². The summed E-state index contributed by atoms with van der Waals surface area (Å²) in [4.78, 5) is 0. The minimum absolute atomic E-state index is 0.649. The molecule has 11 heavy (non-hydrogen) atoms. The zero-order valence-corrected chi connectivity index (χ0v) is 6.08. The summed E-state index contributed by atoms with van der Waals surface area (Å²) >= 11 is 0. The molecule has 0 aliphatic carbocycles. The van der Waals surface area contributed by atoms with E-state index in [0.29, 0.717) is 6.61 Å². The lowest BCUT2D eigenvalue weighted by Gasteiger charge is -2.13. The van der Waals surface area contributed by atoms with Crippen molar-refractivity contribution in [3.05, 3.63) is 29.8 Å². The van der Waals surface area contributed by atoms with Crippen LogP contribution in [0.5, 0.6) is 5.75 Å². The summed E-state index contributed by atoms with van der Waals surface area (Å²) < 4.78 is 5.34. The number of hydrogen-bond donors (Lipinski definition) is 1. The third-order valence-corrected chi connectivity index (χ3v) is 1.72. The Balaban J connectivity index is 2.60. The van der Waals surface area contributed by atoms with Gasteiger partial charge < -0.3 is 10.5 Å². The Morgan fingerprint density at radius 3 is 3.09 bits per heavy atom. The first-order valence-corrected chi connectivity index (χ1v) is 3.56. The predicted octanol–water partition coefficient (Wildman–Crippen LogP) is 1.67. The second-order valence-corrected chi connectivity index (χ2v) is 2.47. The molecule has 2 rings (SSSR count). The van der Waals surface area contributed by atoms with Crippen molar-refractivity contribution in [1.29, 1.82) is 0 Å². The van der Waals surface area contributed by atoms with Crippen LogP contribution in [0.25, 0.3) is 6.08 Å². The van der Waals surface area contributed by atoms with E-state index in [1.807, 2.05) is 30.4 Å². The van der Waals surface area contributed by atoms with Crippen LogP contribution in [-0.4, -0.2) is 6.61 Å². The number of nitrogen functional groups attached to an aromatic ring is 1. The van der Waals surface area contributed by atoms with Crippen LogP contribution in [0.2, 0.25) is 0 Å². The lowest BCUT2D eigenvalue weighted by Crippen LogP contribution is -2.02. The third kappa shape index (κ3) is 0.963. The smallest absolute Gasteiger partial charge is 0.129 e. The summed E-state index contributed by atoms with van der Waals surface area (Å²) in [6.45, 7) is 0.649. The van der Waals surface area contributed by atoms with Crippen molar-refractivity contribution in [1.82, 2.24) is 0 Å². The van der Waals surface area contributed by atoms with Crippen LogP contribution in [0.1, 0.15) is 5.56 Å². The van der Waals surface area contributed by atoms with E-state index in [9.17, 15) is 0 Å². The SMILES string of the molecule is Nc1cccc2c1C=CCO2. The molecule has 1 aliphatic heterocycles. The van der Waals surface area contributed by atoms with Crippen molar-refractivity contribution in [2.75, 3.05) is 12.3 Å². The van der Waals surface area contributed by atoms with Gasteiger partial charge in [-0.3, -0.25) is 0 Å². The molecule has 0 radical (unpaired) electrons. The highest BCUT2D eigenvalue weighted by molar-refractivity contribution is 5.71. The standard InChI is InChI=1S/C9H9NO/c10-8-4-1-5-9-7(8)3-2-6-11-9/h1-5H,6,10H2. The summed E-state index contributed by atoms with van der Waals surface area (Å²) in [5.41, 5.74) is 7.49. The van der Waals surface area contributed by atoms with E-state index in [1.165, 1.54) is 0 Å². The lowest BCUT2D eigenvalue weighted by molar-refractivity contribution is 0.359. The molecular weight excluding hydrogens is 138 g/mol. The van der Waals surface area contributed by atoms with Gasteiger partial charge in [0.25, 0.3) is 0 Å². The molecule has 0 fully saturated rings. The van der Waals surface area contributed by atoms with Gasteiger partial charge in [0.15, 0.2) is 0 Å².